The monoisotopic (exact) mass is 334 g/mol. The van der Waals surface area contributed by atoms with Crippen molar-refractivity contribution in [2.24, 2.45) is 7.05 Å². The van der Waals surface area contributed by atoms with Gasteiger partial charge in [0.2, 0.25) is 0 Å². The molecule has 1 aliphatic rings. The van der Waals surface area contributed by atoms with E-state index in [9.17, 15) is 4.79 Å². The molecule has 0 spiro atoms. The zero-order chi connectivity index (χ0) is 16.4. The maximum Gasteiger partial charge on any atom is 0.347 e. The number of hydrogen-bond donors (Lipinski definition) is 2. The SMILES string of the molecule is Cc1nc(CNCc2cn(C)nc2C2CCCC2)sc1C(=O)O. The van der Waals surface area contributed by atoms with E-state index in [0.29, 0.717) is 23.0 Å². The molecule has 0 unspecified atom stereocenters. The highest BCUT2D eigenvalue weighted by Gasteiger charge is 2.22. The molecule has 3 rings (SSSR count). The predicted octanol–water partition coefficient (Wildman–Crippen LogP) is 2.83. The van der Waals surface area contributed by atoms with Crippen LogP contribution in [0.5, 0.6) is 0 Å². The first-order valence-electron chi connectivity index (χ1n) is 7.97. The molecule has 1 saturated carbocycles. The van der Waals surface area contributed by atoms with E-state index in [-0.39, 0.29) is 0 Å². The van der Waals surface area contributed by atoms with E-state index < -0.39 is 5.97 Å². The fourth-order valence-corrected chi connectivity index (χ4v) is 4.14. The van der Waals surface area contributed by atoms with E-state index in [0.717, 1.165) is 11.6 Å². The molecule has 0 saturated heterocycles. The molecule has 0 bridgehead atoms. The Morgan fingerprint density at radius 3 is 2.83 bits per heavy atom. The quantitative estimate of drug-likeness (QED) is 0.849. The van der Waals surface area contributed by atoms with Gasteiger partial charge in [-0.1, -0.05) is 12.8 Å². The van der Waals surface area contributed by atoms with Crippen LogP contribution >= 0.6 is 11.3 Å². The van der Waals surface area contributed by atoms with Crippen molar-refractivity contribution in [1.29, 1.82) is 0 Å². The smallest absolute Gasteiger partial charge is 0.347 e. The Morgan fingerprint density at radius 2 is 2.17 bits per heavy atom. The number of aryl methyl sites for hydroxylation is 2. The van der Waals surface area contributed by atoms with Crippen LogP contribution < -0.4 is 5.32 Å². The number of thiazole rings is 1. The van der Waals surface area contributed by atoms with Crippen LogP contribution in [0.1, 0.15) is 63.2 Å². The lowest BCUT2D eigenvalue weighted by Crippen LogP contribution is -2.14. The summed E-state index contributed by atoms with van der Waals surface area (Å²) in [5.74, 6) is -0.309. The molecule has 2 heterocycles. The lowest BCUT2D eigenvalue weighted by atomic mass is 10.0. The van der Waals surface area contributed by atoms with E-state index in [2.05, 4.69) is 21.6 Å². The third-order valence-electron chi connectivity index (χ3n) is 4.31. The van der Waals surface area contributed by atoms with E-state index in [1.165, 1.54) is 48.3 Å². The van der Waals surface area contributed by atoms with Crippen molar-refractivity contribution in [2.45, 2.75) is 51.6 Å². The third-order valence-corrected chi connectivity index (χ3v) is 5.45. The minimum absolute atomic E-state index is 0.329. The highest BCUT2D eigenvalue weighted by Crippen LogP contribution is 2.34. The number of nitrogens with one attached hydrogen (secondary N) is 1. The molecular weight excluding hydrogens is 312 g/mol. The normalized spacial score (nSPS) is 15.4. The second-order valence-corrected chi connectivity index (χ2v) is 7.21. The van der Waals surface area contributed by atoms with Crippen LogP contribution in [-0.4, -0.2) is 25.8 Å². The summed E-state index contributed by atoms with van der Waals surface area (Å²) in [6, 6.07) is 0. The number of aromatic carboxylic acids is 1. The first-order chi connectivity index (χ1) is 11.0. The van der Waals surface area contributed by atoms with E-state index in [4.69, 9.17) is 5.11 Å². The standard InChI is InChI=1S/C16H22N4O2S/c1-10-15(16(21)22)23-13(18-10)8-17-7-12-9-20(2)19-14(12)11-5-3-4-6-11/h9,11,17H,3-8H2,1-2H3,(H,21,22). The number of carboxylic acids is 1. The Labute approximate surface area is 139 Å². The second kappa shape index (κ2) is 6.80. The molecule has 6 nitrogen and oxygen atoms in total. The number of aromatic nitrogens is 3. The summed E-state index contributed by atoms with van der Waals surface area (Å²) in [5.41, 5.74) is 3.05. The Bertz CT molecular complexity index is 701. The molecule has 1 fully saturated rings. The minimum atomic E-state index is -0.901. The summed E-state index contributed by atoms with van der Waals surface area (Å²) in [5, 5.41) is 17.9. The van der Waals surface area contributed by atoms with E-state index >= 15 is 0 Å². The Balaban J connectivity index is 1.62. The van der Waals surface area contributed by atoms with Gasteiger partial charge in [0.1, 0.15) is 9.88 Å². The molecule has 0 aromatic carbocycles. The van der Waals surface area contributed by atoms with Crippen LogP contribution in [0.3, 0.4) is 0 Å². The number of nitrogens with zero attached hydrogens (tertiary/aromatic N) is 3. The molecule has 2 aromatic heterocycles. The van der Waals surface area contributed by atoms with E-state index in [1.54, 1.807) is 6.92 Å². The predicted molar refractivity (Wildman–Crippen MR) is 88.8 cm³/mol. The van der Waals surface area contributed by atoms with Crippen LogP contribution in [0, 0.1) is 6.92 Å². The summed E-state index contributed by atoms with van der Waals surface area (Å²) in [6.07, 6.45) is 7.14. The molecule has 0 aliphatic heterocycles. The van der Waals surface area contributed by atoms with Gasteiger partial charge in [-0.3, -0.25) is 4.68 Å². The lowest BCUT2D eigenvalue weighted by molar-refractivity contribution is 0.0701. The Morgan fingerprint density at radius 1 is 1.43 bits per heavy atom. The average Bonchev–Trinajstić information content (AvgIpc) is 3.19. The zero-order valence-corrected chi connectivity index (χ0v) is 14.3. The maximum absolute atomic E-state index is 11.1. The van der Waals surface area contributed by atoms with Gasteiger partial charge in [0.25, 0.3) is 0 Å². The first kappa shape index (κ1) is 16.1. The van der Waals surface area contributed by atoms with Crippen molar-refractivity contribution in [3.05, 3.63) is 33.0 Å². The molecule has 23 heavy (non-hydrogen) atoms. The molecule has 1 aliphatic carbocycles. The number of hydrogen-bond acceptors (Lipinski definition) is 5. The number of carboxylic acid groups (broad SMARTS) is 1. The molecule has 0 atom stereocenters. The van der Waals surface area contributed by atoms with Gasteiger partial charge in [0.05, 0.1) is 11.4 Å². The van der Waals surface area contributed by atoms with Gasteiger partial charge in [-0.2, -0.15) is 5.10 Å². The third kappa shape index (κ3) is 3.61. The fourth-order valence-electron chi connectivity index (χ4n) is 3.26. The fraction of sp³-hybridized carbons (Fsp3) is 0.562. The average molecular weight is 334 g/mol. The van der Waals surface area contributed by atoms with E-state index in [1.807, 2.05) is 11.7 Å². The number of carbonyl (C=O) groups is 1. The first-order valence-corrected chi connectivity index (χ1v) is 8.79. The molecule has 2 N–H and O–H groups in total. The van der Waals surface area contributed by atoms with Gasteiger partial charge in [-0.15, -0.1) is 11.3 Å². The lowest BCUT2D eigenvalue weighted by Gasteiger charge is -2.09. The molecule has 2 aromatic rings. The second-order valence-electron chi connectivity index (χ2n) is 6.13. The molecule has 0 amide bonds. The van der Waals surface area contributed by atoms with Crippen LogP contribution in [0.15, 0.2) is 6.20 Å². The van der Waals surface area contributed by atoms with Crippen molar-refractivity contribution in [3.8, 4) is 0 Å². The largest absolute Gasteiger partial charge is 0.477 e. The molecule has 7 heteroatoms. The minimum Gasteiger partial charge on any atom is -0.477 e. The van der Waals surface area contributed by atoms with Gasteiger partial charge in [-0.25, -0.2) is 9.78 Å². The van der Waals surface area contributed by atoms with Gasteiger partial charge in [0, 0.05) is 37.8 Å². The maximum atomic E-state index is 11.1. The van der Waals surface area contributed by atoms with Crippen molar-refractivity contribution >= 4 is 17.3 Å². The van der Waals surface area contributed by atoms with Crippen molar-refractivity contribution in [1.82, 2.24) is 20.1 Å². The van der Waals surface area contributed by atoms with Gasteiger partial charge < -0.3 is 10.4 Å². The van der Waals surface area contributed by atoms with Crippen LogP contribution in [0.2, 0.25) is 0 Å². The molecule has 0 radical (unpaired) electrons. The van der Waals surface area contributed by atoms with Crippen molar-refractivity contribution < 1.29 is 9.90 Å². The summed E-state index contributed by atoms with van der Waals surface area (Å²) >= 11 is 1.24. The number of rotatable bonds is 6. The summed E-state index contributed by atoms with van der Waals surface area (Å²) in [7, 11) is 1.96. The highest BCUT2D eigenvalue weighted by atomic mass is 32.1. The highest BCUT2D eigenvalue weighted by molar-refractivity contribution is 7.13. The van der Waals surface area contributed by atoms with Gasteiger partial charge in [0.15, 0.2) is 0 Å². The Kier molecular flexibility index (Phi) is 4.77. The molecule has 124 valence electrons. The summed E-state index contributed by atoms with van der Waals surface area (Å²) in [6.45, 7) is 3.06. The molecular formula is C16H22N4O2S. The van der Waals surface area contributed by atoms with Crippen molar-refractivity contribution in [3.63, 3.8) is 0 Å². The Hall–Kier alpha value is -1.73. The van der Waals surface area contributed by atoms with Crippen LogP contribution in [0.4, 0.5) is 0 Å². The summed E-state index contributed by atoms with van der Waals surface area (Å²) < 4.78 is 1.89. The van der Waals surface area contributed by atoms with Crippen LogP contribution in [-0.2, 0) is 20.1 Å². The summed E-state index contributed by atoms with van der Waals surface area (Å²) in [4.78, 5) is 15.7. The van der Waals surface area contributed by atoms with Gasteiger partial charge in [-0.05, 0) is 19.8 Å². The van der Waals surface area contributed by atoms with Gasteiger partial charge >= 0.3 is 5.97 Å². The topological polar surface area (TPSA) is 80.0 Å². The van der Waals surface area contributed by atoms with Crippen LogP contribution in [0.25, 0.3) is 0 Å². The van der Waals surface area contributed by atoms with Crippen molar-refractivity contribution in [2.75, 3.05) is 0 Å². The zero-order valence-electron chi connectivity index (χ0n) is 13.5.